The van der Waals surface area contributed by atoms with E-state index in [2.05, 4.69) is 68.8 Å². The first-order valence-electron chi connectivity index (χ1n) is 9.26. The standard InChI is InChI=1S/C23H30N2/c1-16(2)12-18-13-21-19(17-8-7-11-24-15-17)9-6-10-20(21)22(25-18)14-23(3,4)5/h6-11,15,18,22,25H,1,12-14H2,2-5H3. The summed E-state index contributed by atoms with van der Waals surface area (Å²) in [5.74, 6) is 0. The molecular formula is C23H30N2. The SMILES string of the molecule is C=C(C)CC1Cc2c(-c3cccnc3)cccc2C(CC(C)(C)C)N1. The van der Waals surface area contributed by atoms with Crippen molar-refractivity contribution in [3.63, 3.8) is 0 Å². The summed E-state index contributed by atoms with van der Waals surface area (Å²) in [6, 6.07) is 11.8. The average molecular weight is 335 g/mol. The summed E-state index contributed by atoms with van der Waals surface area (Å²) in [4.78, 5) is 4.33. The van der Waals surface area contributed by atoms with Crippen LogP contribution in [-0.4, -0.2) is 11.0 Å². The molecule has 1 aliphatic rings. The zero-order valence-corrected chi connectivity index (χ0v) is 16.0. The number of aromatic nitrogens is 1. The van der Waals surface area contributed by atoms with E-state index in [1.165, 1.54) is 27.8 Å². The quantitative estimate of drug-likeness (QED) is 0.725. The van der Waals surface area contributed by atoms with Gasteiger partial charge in [0.1, 0.15) is 0 Å². The van der Waals surface area contributed by atoms with Crippen LogP contribution in [0.25, 0.3) is 11.1 Å². The third-order valence-corrected chi connectivity index (χ3v) is 4.86. The van der Waals surface area contributed by atoms with Crippen molar-refractivity contribution in [1.82, 2.24) is 10.3 Å². The molecule has 1 aromatic heterocycles. The molecular weight excluding hydrogens is 304 g/mol. The highest BCUT2D eigenvalue weighted by Crippen LogP contribution is 2.39. The number of hydrogen-bond donors (Lipinski definition) is 1. The number of nitrogens with one attached hydrogen (secondary N) is 1. The second-order valence-electron chi connectivity index (χ2n) is 8.66. The van der Waals surface area contributed by atoms with Gasteiger partial charge in [0.2, 0.25) is 0 Å². The maximum absolute atomic E-state index is 4.33. The van der Waals surface area contributed by atoms with Gasteiger partial charge in [-0.05, 0) is 54.4 Å². The first-order chi connectivity index (χ1) is 11.8. The van der Waals surface area contributed by atoms with Crippen molar-refractivity contribution in [1.29, 1.82) is 0 Å². The van der Waals surface area contributed by atoms with Gasteiger partial charge >= 0.3 is 0 Å². The summed E-state index contributed by atoms with van der Waals surface area (Å²) in [5.41, 5.74) is 7.01. The van der Waals surface area contributed by atoms with E-state index >= 15 is 0 Å². The molecule has 0 aliphatic carbocycles. The third kappa shape index (κ3) is 4.38. The Bertz CT molecular complexity index is 740. The van der Waals surface area contributed by atoms with Crippen LogP contribution in [0.3, 0.4) is 0 Å². The van der Waals surface area contributed by atoms with Gasteiger partial charge in [0, 0.05) is 30.0 Å². The molecule has 1 aromatic carbocycles. The maximum Gasteiger partial charge on any atom is 0.0346 e. The molecule has 25 heavy (non-hydrogen) atoms. The monoisotopic (exact) mass is 334 g/mol. The predicted octanol–water partition coefficient (Wildman–Crippen LogP) is 5.71. The number of benzene rings is 1. The molecule has 3 rings (SSSR count). The minimum absolute atomic E-state index is 0.282. The van der Waals surface area contributed by atoms with Crippen molar-refractivity contribution in [2.45, 2.75) is 59.0 Å². The molecule has 0 spiro atoms. The fraction of sp³-hybridized carbons (Fsp3) is 0.435. The molecule has 0 amide bonds. The van der Waals surface area contributed by atoms with E-state index in [4.69, 9.17) is 0 Å². The third-order valence-electron chi connectivity index (χ3n) is 4.86. The Morgan fingerprint density at radius 1 is 1.24 bits per heavy atom. The second kappa shape index (κ2) is 7.13. The van der Waals surface area contributed by atoms with E-state index in [1.807, 2.05) is 18.5 Å². The Kier molecular flexibility index (Phi) is 5.10. The summed E-state index contributed by atoms with van der Waals surface area (Å²) in [6.07, 6.45) is 7.02. The summed E-state index contributed by atoms with van der Waals surface area (Å²) in [5, 5.41) is 3.90. The largest absolute Gasteiger partial charge is 0.306 e. The fourth-order valence-corrected chi connectivity index (χ4v) is 3.96. The molecule has 2 unspecified atom stereocenters. The van der Waals surface area contributed by atoms with Crippen LogP contribution in [-0.2, 0) is 6.42 Å². The minimum atomic E-state index is 0.282. The molecule has 2 heterocycles. The van der Waals surface area contributed by atoms with Crippen molar-refractivity contribution in [2.24, 2.45) is 5.41 Å². The summed E-state index contributed by atoms with van der Waals surface area (Å²) < 4.78 is 0. The number of rotatable bonds is 4. The highest BCUT2D eigenvalue weighted by molar-refractivity contribution is 5.69. The summed E-state index contributed by atoms with van der Waals surface area (Å²) in [7, 11) is 0. The average Bonchev–Trinajstić information content (AvgIpc) is 2.53. The molecule has 2 aromatic rings. The Hall–Kier alpha value is -1.93. The van der Waals surface area contributed by atoms with E-state index in [-0.39, 0.29) is 5.41 Å². The first-order valence-corrected chi connectivity index (χ1v) is 9.26. The molecule has 0 radical (unpaired) electrons. The molecule has 1 aliphatic heterocycles. The van der Waals surface area contributed by atoms with Gasteiger partial charge in [-0.15, -0.1) is 6.58 Å². The molecule has 0 saturated carbocycles. The van der Waals surface area contributed by atoms with Crippen LogP contribution in [0, 0.1) is 5.41 Å². The fourth-order valence-electron chi connectivity index (χ4n) is 3.96. The van der Waals surface area contributed by atoms with Crippen molar-refractivity contribution in [3.8, 4) is 11.1 Å². The number of fused-ring (bicyclic) bond motifs is 1. The summed E-state index contributed by atoms with van der Waals surface area (Å²) >= 11 is 0. The van der Waals surface area contributed by atoms with Gasteiger partial charge in [0.25, 0.3) is 0 Å². The van der Waals surface area contributed by atoms with Crippen molar-refractivity contribution < 1.29 is 0 Å². The zero-order valence-electron chi connectivity index (χ0n) is 16.0. The van der Waals surface area contributed by atoms with Crippen LogP contribution in [0.1, 0.15) is 57.7 Å². The molecule has 2 heteroatoms. The predicted molar refractivity (Wildman–Crippen MR) is 107 cm³/mol. The van der Waals surface area contributed by atoms with Crippen LogP contribution < -0.4 is 5.32 Å². The first kappa shape index (κ1) is 17.9. The van der Waals surface area contributed by atoms with Crippen molar-refractivity contribution in [2.75, 3.05) is 0 Å². The van der Waals surface area contributed by atoms with E-state index in [9.17, 15) is 0 Å². The summed E-state index contributed by atoms with van der Waals surface area (Å²) in [6.45, 7) is 13.2. The lowest BCUT2D eigenvalue weighted by Gasteiger charge is -2.37. The molecule has 0 bridgehead atoms. The van der Waals surface area contributed by atoms with E-state index in [0.29, 0.717) is 12.1 Å². The van der Waals surface area contributed by atoms with Gasteiger partial charge in [-0.2, -0.15) is 0 Å². The lowest BCUT2D eigenvalue weighted by Crippen LogP contribution is -2.41. The topological polar surface area (TPSA) is 24.9 Å². The second-order valence-corrected chi connectivity index (χ2v) is 8.66. The molecule has 0 fully saturated rings. The van der Waals surface area contributed by atoms with Gasteiger partial charge in [0.05, 0.1) is 0 Å². The van der Waals surface area contributed by atoms with Gasteiger partial charge in [-0.3, -0.25) is 4.98 Å². The van der Waals surface area contributed by atoms with Crippen LogP contribution in [0.2, 0.25) is 0 Å². The molecule has 1 N–H and O–H groups in total. The van der Waals surface area contributed by atoms with E-state index in [0.717, 1.165) is 19.3 Å². The normalized spacial score (nSPS) is 20.2. The molecule has 132 valence electrons. The zero-order chi connectivity index (χ0) is 18.0. The number of hydrogen-bond acceptors (Lipinski definition) is 2. The molecule has 0 saturated heterocycles. The van der Waals surface area contributed by atoms with E-state index in [1.54, 1.807) is 0 Å². The molecule has 2 nitrogen and oxygen atoms in total. The van der Waals surface area contributed by atoms with E-state index < -0.39 is 0 Å². The minimum Gasteiger partial charge on any atom is -0.306 e. The number of nitrogens with zero attached hydrogens (tertiary/aromatic N) is 1. The smallest absolute Gasteiger partial charge is 0.0346 e. The van der Waals surface area contributed by atoms with Crippen LogP contribution in [0.15, 0.2) is 54.9 Å². The Labute approximate surface area is 152 Å². The van der Waals surface area contributed by atoms with Crippen LogP contribution in [0.4, 0.5) is 0 Å². The van der Waals surface area contributed by atoms with Crippen LogP contribution in [0.5, 0.6) is 0 Å². The Morgan fingerprint density at radius 3 is 2.68 bits per heavy atom. The van der Waals surface area contributed by atoms with Gasteiger partial charge in [-0.1, -0.05) is 50.6 Å². The van der Waals surface area contributed by atoms with Gasteiger partial charge in [-0.25, -0.2) is 0 Å². The lowest BCUT2D eigenvalue weighted by atomic mass is 9.78. The lowest BCUT2D eigenvalue weighted by molar-refractivity contribution is 0.279. The van der Waals surface area contributed by atoms with Crippen molar-refractivity contribution >= 4 is 0 Å². The highest BCUT2D eigenvalue weighted by Gasteiger charge is 2.30. The molecule has 2 atom stereocenters. The van der Waals surface area contributed by atoms with Crippen LogP contribution >= 0.6 is 0 Å². The van der Waals surface area contributed by atoms with Gasteiger partial charge in [0.15, 0.2) is 0 Å². The van der Waals surface area contributed by atoms with Gasteiger partial charge < -0.3 is 5.32 Å². The Balaban J connectivity index is 2.04. The number of pyridine rings is 1. The van der Waals surface area contributed by atoms with Crippen molar-refractivity contribution in [3.05, 3.63) is 66.0 Å². The highest BCUT2D eigenvalue weighted by atomic mass is 15.0. The Morgan fingerprint density at radius 2 is 2.04 bits per heavy atom. The maximum atomic E-state index is 4.33.